The molecule has 0 aliphatic heterocycles. The van der Waals surface area contributed by atoms with Crippen LogP contribution in [0.1, 0.15) is 48.5 Å². The number of rotatable bonds is 8. The highest BCUT2D eigenvalue weighted by atomic mass is 35.5. The van der Waals surface area contributed by atoms with E-state index in [1.54, 1.807) is 0 Å². The number of nitrogens with one attached hydrogen (secondary N) is 2. The van der Waals surface area contributed by atoms with Crippen molar-refractivity contribution < 1.29 is 9.47 Å². The Kier molecular flexibility index (Phi) is 8.55. The smallest absolute Gasteiger partial charge is 0.120 e. The van der Waals surface area contributed by atoms with Gasteiger partial charge >= 0.3 is 0 Å². The van der Waals surface area contributed by atoms with Gasteiger partial charge in [-0.15, -0.1) is 0 Å². The summed E-state index contributed by atoms with van der Waals surface area (Å²) >= 11 is 12.8. The summed E-state index contributed by atoms with van der Waals surface area (Å²) in [5.74, 6) is 1.60. The largest absolute Gasteiger partial charge is 0.493 e. The van der Waals surface area contributed by atoms with Crippen molar-refractivity contribution in [2.45, 2.75) is 54.6 Å². The first-order valence-corrected chi connectivity index (χ1v) is 16.3. The molecule has 0 saturated heterocycles. The van der Waals surface area contributed by atoms with Gasteiger partial charge in [-0.3, -0.25) is 0 Å². The van der Waals surface area contributed by atoms with E-state index in [0.717, 1.165) is 66.5 Å². The molecule has 238 valence electrons. The van der Waals surface area contributed by atoms with Crippen LogP contribution in [0.25, 0.3) is 43.6 Å². The first-order valence-electron chi connectivity index (χ1n) is 15.6. The molecule has 0 aliphatic rings. The molecule has 6 rings (SSSR count). The molecule has 2 aromatic heterocycles. The Labute approximate surface area is 280 Å². The molecular weight excluding hydrogens is 615 g/mol. The number of hydrogen-bond acceptors (Lipinski definition) is 6. The van der Waals surface area contributed by atoms with Crippen molar-refractivity contribution >= 4 is 78.2 Å². The first kappa shape index (κ1) is 32.0. The maximum atomic E-state index is 6.41. The van der Waals surface area contributed by atoms with E-state index in [9.17, 15) is 0 Å². The summed E-state index contributed by atoms with van der Waals surface area (Å²) in [4.78, 5) is 9.88. The van der Waals surface area contributed by atoms with Crippen molar-refractivity contribution in [3.05, 3.63) is 82.8 Å². The number of anilines is 2. The SMILES string of the molecule is CC(Nc1c2ccc(Cl)cc2nc2ccc(OCC(C)(C)C)cc12)Nc1c2ccc(Cl)cc2nc2ccc(OCC(C)(C)C)cc12. The van der Waals surface area contributed by atoms with Crippen LogP contribution in [-0.2, 0) is 0 Å². The number of fused-ring (bicyclic) bond motifs is 4. The summed E-state index contributed by atoms with van der Waals surface area (Å²) in [6.07, 6.45) is -0.216. The normalized spacial score (nSPS) is 12.4. The highest BCUT2D eigenvalue weighted by Gasteiger charge is 2.18. The van der Waals surface area contributed by atoms with Gasteiger partial charge in [-0.25, -0.2) is 9.97 Å². The van der Waals surface area contributed by atoms with E-state index < -0.39 is 0 Å². The third-order valence-electron chi connectivity index (χ3n) is 7.48. The molecule has 8 heteroatoms. The number of benzene rings is 4. The second-order valence-electron chi connectivity index (χ2n) is 14.4. The fourth-order valence-corrected chi connectivity index (χ4v) is 5.68. The van der Waals surface area contributed by atoms with Gasteiger partial charge in [0.25, 0.3) is 0 Å². The molecule has 4 aromatic carbocycles. The molecule has 0 spiro atoms. The van der Waals surface area contributed by atoms with Gasteiger partial charge in [-0.05, 0) is 90.6 Å². The Bertz CT molecular complexity index is 1930. The van der Waals surface area contributed by atoms with Crippen LogP contribution in [0.5, 0.6) is 11.5 Å². The molecule has 0 unspecified atom stereocenters. The summed E-state index contributed by atoms with van der Waals surface area (Å²) in [5.41, 5.74) is 5.28. The van der Waals surface area contributed by atoms with Crippen molar-refractivity contribution in [1.29, 1.82) is 0 Å². The molecule has 2 N–H and O–H groups in total. The van der Waals surface area contributed by atoms with Crippen LogP contribution < -0.4 is 20.1 Å². The summed E-state index contributed by atoms with van der Waals surface area (Å²) in [7, 11) is 0. The van der Waals surface area contributed by atoms with Gasteiger partial charge in [-0.1, -0.05) is 64.7 Å². The third-order valence-corrected chi connectivity index (χ3v) is 7.95. The maximum absolute atomic E-state index is 6.41. The summed E-state index contributed by atoms with van der Waals surface area (Å²) in [5, 5.41) is 12.7. The fraction of sp³-hybridized carbons (Fsp3) is 0.316. The lowest BCUT2D eigenvalue weighted by Crippen LogP contribution is -2.25. The van der Waals surface area contributed by atoms with Crippen LogP contribution in [0.4, 0.5) is 11.4 Å². The molecule has 0 fully saturated rings. The zero-order valence-electron chi connectivity index (χ0n) is 27.4. The highest BCUT2D eigenvalue weighted by molar-refractivity contribution is 6.32. The van der Waals surface area contributed by atoms with Gasteiger partial charge in [0, 0.05) is 31.6 Å². The average molecular weight is 656 g/mol. The Morgan fingerprint density at radius 3 is 1.37 bits per heavy atom. The number of nitrogens with zero attached hydrogens (tertiary/aromatic N) is 2. The van der Waals surface area contributed by atoms with Gasteiger partial charge in [-0.2, -0.15) is 0 Å². The lowest BCUT2D eigenvalue weighted by molar-refractivity contribution is 0.198. The van der Waals surface area contributed by atoms with Crippen molar-refractivity contribution in [3.8, 4) is 11.5 Å². The molecule has 0 bridgehead atoms. The molecule has 6 aromatic rings. The van der Waals surface area contributed by atoms with Crippen LogP contribution in [0.15, 0.2) is 72.8 Å². The van der Waals surface area contributed by atoms with Crippen LogP contribution in [-0.4, -0.2) is 29.3 Å². The predicted octanol–water partition coefficient (Wildman–Crippen LogP) is 11.1. The molecule has 0 saturated carbocycles. The summed E-state index contributed by atoms with van der Waals surface area (Å²) < 4.78 is 12.4. The molecule has 0 aliphatic carbocycles. The summed E-state index contributed by atoms with van der Waals surface area (Å²) in [6, 6.07) is 23.7. The average Bonchev–Trinajstić information content (AvgIpc) is 2.98. The van der Waals surface area contributed by atoms with Crippen LogP contribution in [0, 0.1) is 10.8 Å². The minimum absolute atomic E-state index is 0.0326. The number of aromatic nitrogens is 2. The number of ether oxygens (including phenoxy) is 2. The molecular formula is C38H40Cl2N4O2. The Balaban J connectivity index is 1.43. The third kappa shape index (κ3) is 7.19. The molecule has 0 radical (unpaired) electrons. The van der Waals surface area contributed by atoms with Crippen molar-refractivity contribution in [1.82, 2.24) is 9.97 Å². The number of pyridine rings is 2. The van der Waals surface area contributed by atoms with Gasteiger partial charge in [0.05, 0.1) is 52.8 Å². The van der Waals surface area contributed by atoms with E-state index >= 15 is 0 Å². The molecule has 6 nitrogen and oxygen atoms in total. The van der Waals surface area contributed by atoms with Crippen molar-refractivity contribution in [2.75, 3.05) is 23.8 Å². The van der Waals surface area contributed by atoms with E-state index in [1.165, 1.54) is 0 Å². The maximum Gasteiger partial charge on any atom is 0.120 e. The number of hydrogen-bond donors (Lipinski definition) is 2. The highest BCUT2D eigenvalue weighted by Crippen LogP contribution is 2.38. The van der Waals surface area contributed by atoms with Gasteiger partial charge in [0.1, 0.15) is 11.5 Å². The standard InChI is InChI=1S/C38H40Cl2N4O2/c1-22(41-35-27-12-8-23(39)16-33(27)43-31-14-10-25(18-29(31)35)45-20-37(2,3)4)42-36-28-13-9-24(40)17-34(28)44-32-15-11-26(19-30(32)36)46-21-38(5,6)7/h8-19,22H,20-21H2,1-7H3,(H,41,43)(H,42,44). The first-order chi connectivity index (χ1) is 21.7. The van der Waals surface area contributed by atoms with Gasteiger partial charge < -0.3 is 20.1 Å². The zero-order valence-corrected chi connectivity index (χ0v) is 28.9. The monoisotopic (exact) mass is 654 g/mol. The number of halogens is 2. The van der Waals surface area contributed by atoms with E-state index in [0.29, 0.717) is 23.3 Å². The predicted molar refractivity (Wildman–Crippen MR) is 195 cm³/mol. The molecule has 0 amide bonds. The molecule has 46 heavy (non-hydrogen) atoms. The van der Waals surface area contributed by atoms with Crippen LogP contribution in [0.2, 0.25) is 10.0 Å². The van der Waals surface area contributed by atoms with E-state index in [2.05, 4.69) is 71.2 Å². The van der Waals surface area contributed by atoms with Gasteiger partial charge in [0.15, 0.2) is 0 Å². The minimum Gasteiger partial charge on any atom is -0.493 e. The second-order valence-corrected chi connectivity index (χ2v) is 15.2. The molecule has 0 atom stereocenters. The fourth-order valence-electron chi connectivity index (χ4n) is 5.35. The lowest BCUT2D eigenvalue weighted by Gasteiger charge is -2.24. The lowest BCUT2D eigenvalue weighted by atomic mass is 9.98. The van der Waals surface area contributed by atoms with E-state index in [4.69, 9.17) is 42.6 Å². The second kappa shape index (κ2) is 12.3. The molecule has 2 heterocycles. The quantitative estimate of drug-likeness (QED) is 0.126. The van der Waals surface area contributed by atoms with Crippen LogP contribution >= 0.6 is 23.2 Å². The topological polar surface area (TPSA) is 68.3 Å². The van der Waals surface area contributed by atoms with E-state index in [1.807, 2.05) is 60.7 Å². The zero-order chi connectivity index (χ0) is 32.8. The minimum atomic E-state index is -0.216. The Morgan fingerprint density at radius 2 is 0.978 bits per heavy atom. The Morgan fingerprint density at radius 1 is 0.565 bits per heavy atom. The summed E-state index contributed by atoms with van der Waals surface area (Å²) in [6.45, 7) is 16.3. The van der Waals surface area contributed by atoms with Gasteiger partial charge in [0.2, 0.25) is 0 Å². The van der Waals surface area contributed by atoms with Crippen molar-refractivity contribution in [3.63, 3.8) is 0 Å². The Hall–Kier alpha value is -4.00. The van der Waals surface area contributed by atoms with Crippen molar-refractivity contribution in [2.24, 2.45) is 10.8 Å². The van der Waals surface area contributed by atoms with Crippen LogP contribution in [0.3, 0.4) is 0 Å². The van der Waals surface area contributed by atoms with E-state index in [-0.39, 0.29) is 17.0 Å².